The number of aliphatic carboxylic acids is 1. The predicted molar refractivity (Wildman–Crippen MR) is 73.3 cm³/mol. The van der Waals surface area contributed by atoms with E-state index in [4.69, 9.17) is 5.11 Å². The summed E-state index contributed by atoms with van der Waals surface area (Å²) < 4.78 is 0. The van der Waals surface area contributed by atoms with Crippen LogP contribution in [0.15, 0.2) is 0 Å². The molecule has 1 heterocycles. The molecule has 7 nitrogen and oxygen atoms in total. The molecule has 20 heavy (non-hydrogen) atoms. The van der Waals surface area contributed by atoms with Crippen LogP contribution in [0.25, 0.3) is 0 Å². The molecule has 0 bridgehead atoms. The van der Waals surface area contributed by atoms with Crippen molar-refractivity contribution in [3.05, 3.63) is 0 Å². The SMILES string of the molecule is CCN(CC(=O)O)C(=O)NC(C)C(=O)N1CCCCC1. The number of amides is 3. The van der Waals surface area contributed by atoms with E-state index in [9.17, 15) is 14.4 Å². The summed E-state index contributed by atoms with van der Waals surface area (Å²) in [6, 6.07) is -1.16. The number of rotatable bonds is 5. The molecule has 1 unspecified atom stereocenters. The number of carboxylic acids is 1. The van der Waals surface area contributed by atoms with Crippen LogP contribution in [0.3, 0.4) is 0 Å². The molecule has 0 spiro atoms. The highest BCUT2D eigenvalue weighted by molar-refractivity contribution is 5.87. The van der Waals surface area contributed by atoms with Gasteiger partial charge in [-0.15, -0.1) is 0 Å². The highest BCUT2D eigenvalue weighted by atomic mass is 16.4. The summed E-state index contributed by atoms with van der Waals surface area (Å²) in [5.74, 6) is -1.18. The number of hydrogen-bond donors (Lipinski definition) is 2. The molecular weight excluding hydrogens is 262 g/mol. The van der Waals surface area contributed by atoms with Gasteiger partial charge in [-0.05, 0) is 33.1 Å². The zero-order chi connectivity index (χ0) is 15.1. The third-order valence-electron chi connectivity index (χ3n) is 3.37. The first-order valence-electron chi connectivity index (χ1n) is 7.01. The maximum absolute atomic E-state index is 12.1. The molecule has 7 heteroatoms. The Bertz CT molecular complexity index is 367. The van der Waals surface area contributed by atoms with E-state index in [0.29, 0.717) is 0 Å². The Balaban J connectivity index is 2.50. The van der Waals surface area contributed by atoms with Gasteiger partial charge < -0.3 is 20.2 Å². The summed E-state index contributed by atoms with van der Waals surface area (Å²) in [6.07, 6.45) is 3.12. The van der Waals surface area contributed by atoms with Crippen molar-refractivity contribution in [2.24, 2.45) is 0 Å². The van der Waals surface area contributed by atoms with Crippen molar-refractivity contribution in [2.75, 3.05) is 26.2 Å². The summed E-state index contributed by atoms with van der Waals surface area (Å²) in [6.45, 7) is 4.69. The molecule has 1 rings (SSSR count). The highest BCUT2D eigenvalue weighted by Gasteiger charge is 2.25. The van der Waals surface area contributed by atoms with Gasteiger partial charge in [0.15, 0.2) is 0 Å². The molecule has 0 saturated carbocycles. The fourth-order valence-corrected chi connectivity index (χ4v) is 2.22. The number of piperidine rings is 1. The molecule has 1 fully saturated rings. The lowest BCUT2D eigenvalue weighted by Crippen LogP contribution is -2.52. The minimum Gasteiger partial charge on any atom is -0.480 e. The Hall–Kier alpha value is -1.79. The molecule has 0 aromatic rings. The Morgan fingerprint density at radius 3 is 2.35 bits per heavy atom. The zero-order valence-electron chi connectivity index (χ0n) is 12.1. The van der Waals surface area contributed by atoms with Crippen molar-refractivity contribution in [1.29, 1.82) is 0 Å². The Labute approximate surface area is 118 Å². The Morgan fingerprint density at radius 1 is 1.25 bits per heavy atom. The van der Waals surface area contributed by atoms with Crippen LogP contribution in [-0.2, 0) is 9.59 Å². The van der Waals surface area contributed by atoms with E-state index in [0.717, 1.165) is 37.3 Å². The smallest absolute Gasteiger partial charge is 0.323 e. The van der Waals surface area contributed by atoms with E-state index >= 15 is 0 Å². The Morgan fingerprint density at radius 2 is 1.85 bits per heavy atom. The fraction of sp³-hybridized carbons (Fsp3) is 0.769. The van der Waals surface area contributed by atoms with Crippen LogP contribution in [0.5, 0.6) is 0 Å². The quantitative estimate of drug-likeness (QED) is 0.770. The van der Waals surface area contributed by atoms with E-state index in [1.807, 2.05) is 0 Å². The molecule has 1 aliphatic rings. The van der Waals surface area contributed by atoms with Gasteiger partial charge in [0, 0.05) is 19.6 Å². The average Bonchev–Trinajstić information content (AvgIpc) is 2.44. The third-order valence-corrected chi connectivity index (χ3v) is 3.37. The lowest BCUT2D eigenvalue weighted by Gasteiger charge is -2.30. The van der Waals surface area contributed by atoms with Gasteiger partial charge in [-0.25, -0.2) is 4.79 Å². The van der Waals surface area contributed by atoms with E-state index in [1.165, 1.54) is 0 Å². The fourth-order valence-electron chi connectivity index (χ4n) is 2.22. The van der Waals surface area contributed by atoms with Gasteiger partial charge in [-0.1, -0.05) is 0 Å². The highest BCUT2D eigenvalue weighted by Crippen LogP contribution is 2.10. The van der Waals surface area contributed by atoms with Gasteiger partial charge in [0.2, 0.25) is 5.91 Å². The van der Waals surface area contributed by atoms with Gasteiger partial charge in [-0.3, -0.25) is 9.59 Å². The van der Waals surface area contributed by atoms with Crippen molar-refractivity contribution in [3.8, 4) is 0 Å². The molecule has 0 aromatic heterocycles. The monoisotopic (exact) mass is 285 g/mol. The molecule has 0 aromatic carbocycles. The molecule has 1 saturated heterocycles. The lowest BCUT2D eigenvalue weighted by molar-refractivity contribution is -0.137. The average molecular weight is 285 g/mol. The van der Waals surface area contributed by atoms with Crippen molar-refractivity contribution in [1.82, 2.24) is 15.1 Å². The molecule has 1 atom stereocenters. The number of nitrogens with zero attached hydrogens (tertiary/aromatic N) is 2. The second kappa shape index (κ2) is 7.72. The number of likely N-dealkylation sites (N-methyl/N-ethyl adjacent to an activating group) is 1. The lowest BCUT2D eigenvalue weighted by atomic mass is 10.1. The first kappa shape index (κ1) is 16.3. The topological polar surface area (TPSA) is 90.0 Å². The minimum atomic E-state index is -1.07. The number of hydrogen-bond acceptors (Lipinski definition) is 3. The normalized spacial score (nSPS) is 16.4. The number of urea groups is 1. The number of carbonyl (C=O) groups excluding carboxylic acids is 2. The number of carbonyl (C=O) groups is 3. The van der Waals surface area contributed by atoms with Gasteiger partial charge in [0.1, 0.15) is 12.6 Å². The van der Waals surface area contributed by atoms with E-state index in [2.05, 4.69) is 5.32 Å². The zero-order valence-corrected chi connectivity index (χ0v) is 12.1. The van der Waals surface area contributed by atoms with E-state index in [1.54, 1.807) is 18.7 Å². The second-order valence-corrected chi connectivity index (χ2v) is 4.97. The summed E-state index contributed by atoms with van der Waals surface area (Å²) >= 11 is 0. The minimum absolute atomic E-state index is 0.107. The second-order valence-electron chi connectivity index (χ2n) is 4.97. The summed E-state index contributed by atoms with van der Waals surface area (Å²) in [5.41, 5.74) is 0. The maximum Gasteiger partial charge on any atom is 0.323 e. The molecule has 114 valence electrons. The van der Waals surface area contributed by atoms with Crippen LogP contribution >= 0.6 is 0 Å². The number of likely N-dealkylation sites (tertiary alicyclic amines) is 1. The predicted octanol–water partition coefficient (Wildman–Crippen LogP) is 0.504. The molecule has 1 aliphatic heterocycles. The number of nitrogens with one attached hydrogen (secondary N) is 1. The van der Waals surface area contributed by atoms with Crippen LogP contribution in [0.2, 0.25) is 0 Å². The van der Waals surface area contributed by atoms with Gasteiger partial charge in [0.25, 0.3) is 0 Å². The maximum atomic E-state index is 12.1. The van der Waals surface area contributed by atoms with Crippen LogP contribution in [0.4, 0.5) is 4.79 Å². The van der Waals surface area contributed by atoms with Crippen molar-refractivity contribution < 1.29 is 19.5 Å². The summed E-state index contributed by atoms with van der Waals surface area (Å²) in [5, 5.41) is 11.3. The summed E-state index contributed by atoms with van der Waals surface area (Å²) in [4.78, 5) is 37.6. The van der Waals surface area contributed by atoms with Gasteiger partial charge >= 0.3 is 12.0 Å². The number of carboxylic acid groups (broad SMARTS) is 1. The van der Waals surface area contributed by atoms with E-state index < -0.39 is 18.0 Å². The first-order chi connectivity index (χ1) is 9.45. The van der Waals surface area contributed by atoms with Crippen molar-refractivity contribution in [2.45, 2.75) is 39.2 Å². The van der Waals surface area contributed by atoms with Crippen molar-refractivity contribution >= 4 is 17.9 Å². The molecule has 0 aliphatic carbocycles. The third kappa shape index (κ3) is 4.71. The van der Waals surface area contributed by atoms with Gasteiger partial charge in [0.05, 0.1) is 0 Å². The molecule has 2 N–H and O–H groups in total. The van der Waals surface area contributed by atoms with Crippen LogP contribution in [-0.4, -0.2) is 65.0 Å². The summed E-state index contributed by atoms with van der Waals surface area (Å²) in [7, 11) is 0. The van der Waals surface area contributed by atoms with Crippen LogP contribution in [0.1, 0.15) is 33.1 Å². The van der Waals surface area contributed by atoms with E-state index in [-0.39, 0.29) is 19.0 Å². The molecular formula is C13H23N3O4. The largest absolute Gasteiger partial charge is 0.480 e. The molecule has 0 radical (unpaired) electrons. The molecule has 3 amide bonds. The van der Waals surface area contributed by atoms with Crippen LogP contribution < -0.4 is 5.32 Å². The standard InChI is InChI=1S/C13H23N3O4/c1-3-15(9-11(17)18)13(20)14-10(2)12(19)16-7-5-4-6-8-16/h10H,3-9H2,1-2H3,(H,14,20)(H,17,18). The first-order valence-corrected chi connectivity index (χ1v) is 7.01. The van der Waals surface area contributed by atoms with Gasteiger partial charge in [-0.2, -0.15) is 0 Å². The Kier molecular flexibility index (Phi) is 6.27. The van der Waals surface area contributed by atoms with Crippen LogP contribution in [0, 0.1) is 0 Å². The van der Waals surface area contributed by atoms with Crippen molar-refractivity contribution in [3.63, 3.8) is 0 Å².